The molecular weight excluding hydrogens is 359 g/mol. The van der Waals surface area contributed by atoms with Crippen molar-refractivity contribution in [2.75, 3.05) is 44.9 Å². The van der Waals surface area contributed by atoms with Gasteiger partial charge in [0.25, 0.3) is 5.91 Å². The molecule has 2 aromatic carbocycles. The van der Waals surface area contributed by atoms with Gasteiger partial charge in [-0.25, -0.2) is 4.39 Å². The number of ether oxygens (including phenoxy) is 2. The maximum Gasteiger partial charge on any atom is 0.254 e. The van der Waals surface area contributed by atoms with Gasteiger partial charge in [-0.3, -0.25) is 4.79 Å². The summed E-state index contributed by atoms with van der Waals surface area (Å²) in [6.07, 6.45) is 0.862. The summed E-state index contributed by atoms with van der Waals surface area (Å²) in [5.41, 5.74) is 1.65. The Bertz CT molecular complexity index is 827. The number of likely N-dealkylation sites (tertiary alicyclic amines) is 1. The largest absolute Gasteiger partial charge is 0.497 e. The molecule has 2 atom stereocenters. The van der Waals surface area contributed by atoms with Crippen LogP contribution in [0, 0.1) is 11.7 Å². The van der Waals surface area contributed by atoms with Gasteiger partial charge in [-0.05, 0) is 48.9 Å². The molecule has 6 heteroatoms. The van der Waals surface area contributed by atoms with E-state index in [2.05, 4.69) is 4.90 Å². The molecule has 0 bridgehead atoms. The molecule has 0 aromatic heterocycles. The number of nitrogens with zero attached hydrogens (tertiary/aromatic N) is 2. The van der Waals surface area contributed by atoms with Gasteiger partial charge in [0.2, 0.25) is 0 Å². The van der Waals surface area contributed by atoms with Gasteiger partial charge < -0.3 is 19.3 Å². The Labute approximate surface area is 164 Å². The summed E-state index contributed by atoms with van der Waals surface area (Å²) in [4.78, 5) is 17.2. The Balaban J connectivity index is 1.51. The number of fused-ring (bicyclic) bond motifs is 1. The fourth-order valence-electron chi connectivity index (χ4n) is 4.23. The summed E-state index contributed by atoms with van der Waals surface area (Å²) in [5.74, 6) is 0.692. The minimum absolute atomic E-state index is 0.0231. The Kier molecular flexibility index (Phi) is 5.48. The van der Waals surface area contributed by atoms with Gasteiger partial charge in [0.1, 0.15) is 11.6 Å². The van der Waals surface area contributed by atoms with Gasteiger partial charge in [0, 0.05) is 42.8 Å². The molecule has 2 aliphatic rings. The predicted molar refractivity (Wildman–Crippen MR) is 105 cm³/mol. The van der Waals surface area contributed by atoms with Gasteiger partial charge in [-0.15, -0.1) is 0 Å². The molecule has 5 nitrogen and oxygen atoms in total. The van der Waals surface area contributed by atoms with Crippen LogP contribution in [0.2, 0.25) is 0 Å². The minimum atomic E-state index is -0.231. The lowest BCUT2D eigenvalue weighted by molar-refractivity contribution is 0.0520. The second kappa shape index (κ2) is 8.19. The van der Waals surface area contributed by atoms with E-state index >= 15 is 0 Å². The lowest BCUT2D eigenvalue weighted by Gasteiger charge is -2.43. The first-order valence-corrected chi connectivity index (χ1v) is 9.69. The second-order valence-electron chi connectivity index (χ2n) is 7.34. The molecule has 0 aliphatic carbocycles. The highest BCUT2D eigenvalue weighted by atomic mass is 19.1. The number of amides is 1. The minimum Gasteiger partial charge on any atom is -0.497 e. The number of carbonyl (C=O) groups is 1. The molecule has 0 N–H and O–H groups in total. The van der Waals surface area contributed by atoms with Crippen LogP contribution in [0.15, 0.2) is 48.5 Å². The molecule has 28 heavy (non-hydrogen) atoms. The van der Waals surface area contributed by atoms with Crippen LogP contribution in [0.25, 0.3) is 0 Å². The second-order valence-corrected chi connectivity index (χ2v) is 7.34. The fourth-order valence-corrected chi connectivity index (χ4v) is 4.23. The van der Waals surface area contributed by atoms with E-state index in [0.29, 0.717) is 37.6 Å². The van der Waals surface area contributed by atoms with E-state index in [-0.39, 0.29) is 23.7 Å². The number of hydrogen-bond donors (Lipinski definition) is 0. The Morgan fingerprint density at radius 1 is 1.18 bits per heavy atom. The van der Waals surface area contributed by atoms with Gasteiger partial charge in [0.15, 0.2) is 0 Å². The van der Waals surface area contributed by atoms with Crippen LogP contribution in [0.3, 0.4) is 0 Å². The molecule has 0 spiro atoms. The molecule has 148 valence electrons. The molecule has 0 radical (unpaired) electrons. The Morgan fingerprint density at radius 2 is 2.00 bits per heavy atom. The number of carbonyl (C=O) groups excluding carboxylic acids is 1. The Hall–Kier alpha value is -2.60. The third-order valence-electron chi connectivity index (χ3n) is 5.66. The van der Waals surface area contributed by atoms with Crippen LogP contribution < -0.4 is 9.64 Å². The van der Waals surface area contributed by atoms with E-state index in [9.17, 15) is 9.18 Å². The highest BCUT2D eigenvalue weighted by molar-refractivity contribution is 5.94. The van der Waals surface area contributed by atoms with Crippen LogP contribution in [-0.2, 0) is 4.74 Å². The van der Waals surface area contributed by atoms with E-state index < -0.39 is 0 Å². The van der Waals surface area contributed by atoms with Crippen molar-refractivity contribution in [3.8, 4) is 5.75 Å². The number of hydrogen-bond acceptors (Lipinski definition) is 4. The summed E-state index contributed by atoms with van der Waals surface area (Å²) in [5, 5.41) is 0. The summed E-state index contributed by atoms with van der Waals surface area (Å²) >= 11 is 0. The number of methoxy groups -OCH3 is 1. The van der Waals surface area contributed by atoms with Crippen molar-refractivity contribution in [1.82, 2.24) is 4.90 Å². The SMILES string of the molecule is COc1cccc(C(=O)N2CC[C@H]3[C@@H](COCCN3c3ccc(F)cc3)C2)c1. The molecule has 2 saturated heterocycles. The molecule has 0 unspecified atom stereocenters. The van der Waals surface area contributed by atoms with Crippen LogP contribution >= 0.6 is 0 Å². The molecule has 0 saturated carbocycles. The Morgan fingerprint density at radius 3 is 2.79 bits per heavy atom. The molecule has 2 fully saturated rings. The van der Waals surface area contributed by atoms with Crippen LogP contribution in [0.5, 0.6) is 5.75 Å². The van der Waals surface area contributed by atoms with Crippen molar-refractivity contribution >= 4 is 11.6 Å². The summed E-state index contributed by atoms with van der Waals surface area (Å²) in [7, 11) is 1.60. The first kappa shape index (κ1) is 18.7. The first-order chi connectivity index (χ1) is 13.7. The molecule has 2 heterocycles. The monoisotopic (exact) mass is 384 g/mol. The lowest BCUT2D eigenvalue weighted by Crippen LogP contribution is -2.53. The highest BCUT2D eigenvalue weighted by Crippen LogP contribution is 2.30. The topological polar surface area (TPSA) is 42.0 Å². The van der Waals surface area contributed by atoms with Gasteiger partial charge in [-0.2, -0.15) is 0 Å². The average Bonchev–Trinajstić information content (AvgIpc) is 2.96. The zero-order valence-corrected chi connectivity index (χ0v) is 16.0. The molecule has 1 amide bonds. The average molecular weight is 384 g/mol. The van der Waals surface area contributed by atoms with Crippen LogP contribution in [-0.4, -0.2) is 56.8 Å². The zero-order chi connectivity index (χ0) is 19.5. The third-order valence-corrected chi connectivity index (χ3v) is 5.66. The summed E-state index contributed by atoms with van der Waals surface area (Å²) < 4.78 is 24.4. The van der Waals surface area contributed by atoms with E-state index in [0.717, 1.165) is 18.7 Å². The maximum absolute atomic E-state index is 13.3. The highest BCUT2D eigenvalue weighted by Gasteiger charge is 2.37. The summed E-state index contributed by atoms with van der Waals surface area (Å²) in [6.45, 7) is 3.38. The molecular formula is C22H25FN2O3. The predicted octanol–water partition coefficient (Wildman–Crippen LogP) is 3.20. The van der Waals surface area contributed by atoms with Crippen molar-refractivity contribution in [2.24, 2.45) is 5.92 Å². The summed E-state index contributed by atoms with van der Waals surface area (Å²) in [6, 6.07) is 14.2. The number of anilines is 1. The molecule has 4 rings (SSSR count). The van der Waals surface area contributed by atoms with Crippen molar-refractivity contribution in [3.63, 3.8) is 0 Å². The zero-order valence-electron chi connectivity index (χ0n) is 16.0. The first-order valence-electron chi connectivity index (χ1n) is 9.69. The quantitative estimate of drug-likeness (QED) is 0.815. The van der Waals surface area contributed by atoms with E-state index in [1.54, 1.807) is 13.2 Å². The number of halogens is 1. The number of benzene rings is 2. The number of rotatable bonds is 3. The smallest absolute Gasteiger partial charge is 0.254 e. The molecule has 2 aliphatic heterocycles. The van der Waals surface area contributed by atoms with Gasteiger partial charge >= 0.3 is 0 Å². The standard InChI is InChI=1S/C22H25FN2O3/c1-27-20-4-2-3-16(13-20)22(26)24-10-9-21-17(14-24)15-28-12-11-25(21)19-7-5-18(23)6-8-19/h2-8,13,17,21H,9-12,14-15H2,1H3/t17-,21+/m1/s1. The number of piperidine rings is 1. The van der Waals surface area contributed by atoms with Crippen molar-refractivity contribution in [3.05, 3.63) is 59.9 Å². The van der Waals surface area contributed by atoms with E-state index in [1.807, 2.05) is 35.2 Å². The van der Waals surface area contributed by atoms with Crippen LogP contribution in [0.4, 0.5) is 10.1 Å². The van der Waals surface area contributed by atoms with Crippen molar-refractivity contribution in [2.45, 2.75) is 12.5 Å². The third kappa shape index (κ3) is 3.83. The van der Waals surface area contributed by atoms with E-state index in [1.165, 1.54) is 12.1 Å². The maximum atomic E-state index is 13.3. The molecule has 2 aromatic rings. The fraction of sp³-hybridized carbons (Fsp3) is 0.409. The van der Waals surface area contributed by atoms with Gasteiger partial charge in [-0.1, -0.05) is 6.07 Å². The van der Waals surface area contributed by atoms with E-state index in [4.69, 9.17) is 9.47 Å². The normalized spacial score (nSPS) is 22.4. The lowest BCUT2D eigenvalue weighted by atomic mass is 9.90. The van der Waals surface area contributed by atoms with Crippen molar-refractivity contribution in [1.29, 1.82) is 0 Å². The van der Waals surface area contributed by atoms with Crippen molar-refractivity contribution < 1.29 is 18.7 Å². The van der Waals surface area contributed by atoms with Gasteiger partial charge in [0.05, 0.1) is 20.3 Å². The van der Waals surface area contributed by atoms with Crippen LogP contribution in [0.1, 0.15) is 16.8 Å².